The Bertz CT molecular complexity index is 984. The number of thioether (sulfide) groups is 1. The molecule has 0 atom stereocenters. The molecule has 28 heavy (non-hydrogen) atoms. The highest BCUT2D eigenvalue weighted by Crippen LogP contribution is 2.35. The number of hydrogen-bond donors (Lipinski definition) is 2. The number of hydrogen-bond acceptors (Lipinski definition) is 7. The minimum Gasteiger partial charge on any atom is -0.493 e. The van der Waals surface area contributed by atoms with Crippen LogP contribution in [0.15, 0.2) is 29.3 Å². The second kappa shape index (κ2) is 8.44. The molecule has 1 fully saturated rings. The van der Waals surface area contributed by atoms with Crippen molar-refractivity contribution < 1.29 is 24.2 Å². The largest absolute Gasteiger partial charge is 0.493 e. The molecule has 10 heteroatoms. The number of thiocarbonyl (C=S) groups is 1. The first-order valence-corrected chi connectivity index (χ1v) is 9.40. The monoisotopic (exact) mass is 419 g/mol. The van der Waals surface area contributed by atoms with E-state index in [1.54, 1.807) is 36.2 Å². The summed E-state index contributed by atoms with van der Waals surface area (Å²) < 4.78 is 12.5. The van der Waals surface area contributed by atoms with Gasteiger partial charge < -0.3 is 19.9 Å². The van der Waals surface area contributed by atoms with Gasteiger partial charge in [0, 0.05) is 17.3 Å². The maximum absolute atomic E-state index is 12.0. The fourth-order valence-electron chi connectivity index (χ4n) is 2.64. The molecule has 1 aromatic carbocycles. The van der Waals surface area contributed by atoms with E-state index in [-0.39, 0.29) is 18.9 Å². The summed E-state index contributed by atoms with van der Waals surface area (Å²) in [6.45, 7) is 0.205. The number of aromatic nitrogens is 2. The smallest absolute Gasteiger partial charge is 0.305 e. The highest BCUT2D eigenvalue weighted by molar-refractivity contribution is 8.26. The number of rotatable bonds is 7. The molecule has 0 unspecified atom stereocenters. The van der Waals surface area contributed by atoms with E-state index < -0.39 is 5.97 Å². The zero-order valence-corrected chi connectivity index (χ0v) is 16.7. The van der Waals surface area contributed by atoms with Crippen molar-refractivity contribution in [2.24, 2.45) is 0 Å². The second-order valence-corrected chi connectivity index (χ2v) is 7.48. The lowest BCUT2D eigenvalue weighted by Gasteiger charge is -2.09. The Kier molecular flexibility index (Phi) is 6.00. The van der Waals surface area contributed by atoms with Crippen LogP contribution in [0.1, 0.15) is 12.0 Å². The molecule has 0 spiro atoms. The summed E-state index contributed by atoms with van der Waals surface area (Å²) in [6, 6.07) is 5.35. The zero-order chi connectivity index (χ0) is 20.3. The third-order valence-electron chi connectivity index (χ3n) is 3.93. The number of carbonyl (C=O) groups excluding carboxylic acids is 1. The van der Waals surface area contributed by atoms with Gasteiger partial charge in [-0.2, -0.15) is 5.10 Å². The molecule has 0 saturated carbocycles. The minimum absolute atomic E-state index is 0.0671. The van der Waals surface area contributed by atoms with Crippen molar-refractivity contribution in [3.05, 3.63) is 34.9 Å². The number of ether oxygens (including phenoxy) is 2. The van der Waals surface area contributed by atoms with Crippen molar-refractivity contribution in [3.63, 3.8) is 0 Å². The summed E-state index contributed by atoms with van der Waals surface area (Å²) in [7, 11) is 3.09. The van der Waals surface area contributed by atoms with Gasteiger partial charge in [-0.25, -0.2) is 0 Å². The van der Waals surface area contributed by atoms with Crippen LogP contribution in [0.2, 0.25) is 0 Å². The number of amides is 1. The Morgan fingerprint density at radius 1 is 1.36 bits per heavy atom. The maximum Gasteiger partial charge on any atom is 0.305 e. The fourth-order valence-corrected chi connectivity index (χ4v) is 3.67. The molecular formula is C18H17N3O5S2. The van der Waals surface area contributed by atoms with Crippen LogP contribution in [0, 0.1) is 0 Å². The Balaban J connectivity index is 2.05. The molecule has 2 heterocycles. The quantitative estimate of drug-likeness (QED) is 0.521. The average Bonchev–Trinajstić information content (AvgIpc) is 3.22. The summed E-state index contributed by atoms with van der Waals surface area (Å²) in [5.74, 6) is -0.0777. The van der Waals surface area contributed by atoms with Gasteiger partial charge in [0.15, 0.2) is 11.5 Å². The van der Waals surface area contributed by atoms with Crippen molar-refractivity contribution in [1.82, 2.24) is 15.1 Å². The number of benzene rings is 1. The van der Waals surface area contributed by atoms with Crippen LogP contribution in [0.4, 0.5) is 0 Å². The summed E-state index contributed by atoms with van der Waals surface area (Å²) in [4.78, 5) is 23.4. The maximum atomic E-state index is 12.0. The van der Waals surface area contributed by atoms with Crippen LogP contribution in [-0.2, 0) is 16.1 Å². The van der Waals surface area contributed by atoms with Gasteiger partial charge in [-0.1, -0.05) is 24.0 Å². The van der Waals surface area contributed by atoms with E-state index in [1.807, 2.05) is 6.07 Å². The molecule has 1 aliphatic rings. The first-order valence-electron chi connectivity index (χ1n) is 8.17. The lowest BCUT2D eigenvalue weighted by molar-refractivity contribution is -0.137. The van der Waals surface area contributed by atoms with Crippen molar-refractivity contribution in [2.75, 3.05) is 14.2 Å². The number of aliphatic carboxylic acids is 1. The van der Waals surface area contributed by atoms with Gasteiger partial charge in [-0.15, -0.1) is 0 Å². The van der Waals surface area contributed by atoms with Gasteiger partial charge in [0.05, 0.1) is 37.8 Å². The molecule has 146 valence electrons. The number of methoxy groups -OCH3 is 2. The van der Waals surface area contributed by atoms with Crippen molar-refractivity contribution in [1.29, 1.82) is 0 Å². The second-order valence-electron chi connectivity index (χ2n) is 5.76. The molecule has 1 aromatic heterocycles. The fraction of sp³-hybridized carbons (Fsp3) is 0.222. The third kappa shape index (κ3) is 4.34. The number of carbonyl (C=O) groups is 2. The van der Waals surface area contributed by atoms with E-state index in [0.29, 0.717) is 32.0 Å². The molecule has 3 rings (SSSR count). The van der Waals surface area contributed by atoms with E-state index in [0.717, 1.165) is 5.56 Å². The van der Waals surface area contributed by atoms with Crippen molar-refractivity contribution in [2.45, 2.75) is 13.0 Å². The summed E-state index contributed by atoms with van der Waals surface area (Å²) in [5, 5.41) is 16.0. The van der Waals surface area contributed by atoms with E-state index in [1.165, 1.54) is 18.9 Å². The average molecular weight is 419 g/mol. The molecule has 2 N–H and O–H groups in total. The molecule has 0 aliphatic carbocycles. The molecule has 0 radical (unpaired) electrons. The molecule has 1 saturated heterocycles. The normalized spacial score (nSPS) is 15.0. The molecule has 2 aromatic rings. The standard InChI is InChI=1S/C18H17N3O5S2/c1-25-12-4-3-10(7-13(12)26-2)16-11(8-14-17(24)19-18(27)28-14)9-21(20-16)6-5-15(22)23/h3-4,7-9H,5-6H2,1-2H3,(H,22,23)(H,19,24,27). The first-order chi connectivity index (χ1) is 13.4. The Morgan fingerprint density at radius 3 is 2.71 bits per heavy atom. The van der Waals surface area contributed by atoms with Gasteiger partial charge >= 0.3 is 5.97 Å². The highest BCUT2D eigenvalue weighted by Gasteiger charge is 2.23. The summed E-state index contributed by atoms with van der Waals surface area (Å²) >= 11 is 6.20. The number of carboxylic acids is 1. The number of nitrogens with zero attached hydrogens (tertiary/aromatic N) is 2. The van der Waals surface area contributed by atoms with E-state index in [2.05, 4.69) is 10.4 Å². The van der Waals surface area contributed by atoms with E-state index in [9.17, 15) is 9.59 Å². The van der Waals surface area contributed by atoms with Crippen LogP contribution in [0.3, 0.4) is 0 Å². The van der Waals surface area contributed by atoms with Gasteiger partial charge in [0.25, 0.3) is 5.91 Å². The zero-order valence-electron chi connectivity index (χ0n) is 15.1. The van der Waals surface area contributed by atoms with Crippen LogP contribution >= 0.6 is 24.0 Å². The van der Waals surface area contributed by atoms with Crippen LogP contribution in [0.25, 0.3) is 17.3 Å². The highest BCUT2D eigenvalue weighted by atomic mass is 32.2. The lowest BCUT2D eigenvalue weighted by atomic mass is 10.1. The van der Waals surface area contributed by atoms with Gasteiger partial charge in [-0.3, -0.25) is 14.3 Å². The SMILES string of the molecule is COc1ccc(-c2nn(CCC(=O)O)cc2C=C2SC(=S)NC2=O)cc1OC. The third-order valence-corrected chi connectivity index (χ3v) is 5.09. The van der Waals surface area contributed by atoms with Crippen molar-refractivity contribution in [3.8, 4) is 22.8 Å². The first kappa shape index (κ1) is 19.9. The van der Waals surface area contributed by atoms with E-state index >= 15 is 0 Å². The topological polar surface area (TPSA) is 103 Å². The van der Waals surface area contributed by atoms with Gasteiger partial charge in [0.2, 0.25) is 0 Å². The predicted octanol–water partition coefficient (Wildman–Crippen LogP) is 2.53. The summed E-state index contributed by atoms with van der Waals surface area (Å²) in [6.07, 6.45) is 3.33. The Hall–Kier alpha value is -2.85. The van der Waals surface area contributed by atoms with Crippen molar-refractivity contribution >= 4 is 46.3 Å². The molecule has 0 bridgehead atoms. The van der Waals surface area contributed by atoms with Gasteiger partial charge in [0.1, 0.15) is 4.32 Å². The molecule has 1 aliphatic heterocycles. The lowest BCUT2D eigenvalue weighted by Crippen LogP contribution is -2.17. The van der Waals surface area contributed by atoms with E-state index in [4.69, 9.17) is 26.8 Å². The molecule has 8 nitrogen and oxygen atoms in total. The van der Waals surface area contributed by atoms with Crippen LogP contribution < -0.4 is 14.8 Å². The molecule has 1 amide bonds. The van der Waals surface area contributed by atoms with Crippen LogP contribution in [0.5, 0.6) is 11.5 Å². The number of carboxylic acid groups (broad SMARTS) is 1. The number of aryl methyl sites for hydroxylation is 1. The molecular weight excluding hydrogens is 402 g/mol. The summed E-state index contributed by atoms with van der Waals surface area (Å²) in [5.41, 5.74) is 1.99. The Morgan fingerprint density at radius 2 is 2.11 bits per heavy atom. The van der Waals surface area contributed by atoms with Crippen LogP contribution in [-0.4, -0.2) is 45.3 Å². The van der Waals surface area contributed by atoms with Gasteiger partial charge in [-0.05, 0) is 24.3 Å². The predicted molar refractivity (Wildman–Crippen MR) is 109 cm³/mol. The number of nitrogens with one attached hydrogen (secondary N) is 1. The minimum atomic E-state index is -0.917. The Labute approximate surface area is 170 Å².